The lowest BCUT2D eigenvalue weighted by Crippen LogP contribution is -1.58. The summed E-state index contributed by atoms with van der Waals surface area (Å²) in [4.78, 5) is 0. The van der Waals surface area contributed by atoms with E-state index in [1.807, 2.05) is 0 Å². The van der Waals surface area contributed by atoms with Crippen molar-refractivity contribution < 1.29 is 0 Å². The maximum Gasteiger partial charge on any atom is -0.0278 e. The molecule has 0 rings (SSSR count). The van der Waals surface area contributed by atoms with E-state index in [1.165, 1.54) is 27.6 Å². The molecule has 0 aliphatic carbocycles. The van der Waals surface area contributed by atoms with Gasteiger partial charge in [-0.15, -0.1) is 0 Å². The summed E-state index contributed by atoms with van der Waals surface area (Å²) < 4.78 is 0. The maximum absolute atomic E-state index is 2.26. The van der Waals surface area contributed by atoms with E-state index in [4.69, 9.17) is 0 Å². The van der Waals surface area contributed by atoms with Crippen LogP contribution in [0.15, 0.2) is 11.9 Å². The van der Waals surface area contributed by atoms with Gasteiger partial charge in [-0.2, -0.15) is 0 Å². The molecule has 0 unspecified atom stereocenters. The van der Waals surface area contributed by atoms with Gasteiger partial charge in [0.25, 0.3) is 0 Å². The molecule has 0 aromatic rings. The largest absolute Gasteiger partial charge is 0.0837 e. The molecule has 1 heteroatoms. The summed E-state index contributed by atoms with van der Waals surface area (Å²) in [6.07, 6.45) is 6.02. The van der Waals surface area contributed by atoms with Crippen LogP contribution in [0.5, 0.6) is 0 Å². The second kappa shape index (κ2) is 7.17. The second-order valence-electron chi connectivity index (χ2n) is 1.67. The Morgan fingerprint density at radius 2 is 2.12 bits per heavy atom. The van der Waals surface area contributed by atoms with E-state index in [9.17, 15) is 0 Å². The zero-order chi connectivity index (χ0) is 6.24. The van der Waals surface area contributed by atoms with Crippen LogP contribution >= 0.6 is 8.58 Å². The first-order valence-electron chi connectivity index (χ1n) is 3.23. The predicted molar refractivity (Wildman–Crippen MR) is 41.5 cm³/mol. The Morgan fingerprint density at radius 3 is 2.62 bits per heavy atom. The fourth-order valence-corrected chi connectivity index (χ4v) is 0.930. The Hall–Kier alpha value is 0.170. The highest BCUT2D eigenvalue weighted by Crippen LogP contribution is 2.09. The molecule has 0 saturated heterocycles. The Morgan fingerprint density at radius 1 is 1.38 bits per heavy atom. The van der Waals surface area contributed by atoms with Gasteiger partial charge in [0.15, 0.2) is 0 Å². The minimum absolute atomic E-state index is 1.24. The molecule has 0 aromatic heterocycles. The first-order chi connectivity index (χ1) is 3.91. The van der Waals surface area contributed by atoms with Gasteiger partial charge in [-0.1, -0.05) is 40.7 Å². The number of allylic oxidation sites excluding steroid dienone is 1. The lowest BCUT2D eigenvalue weighted by atomic mass is 10.3. The second-order valence-corrected chi connectivity index (χ2v) is 2.97. The van der Waals surface area contributed by atoms with Gasteiger partial charge in [-0.3, -0.25) is 0 Å². The number of unbranched alkanes of at least 4 members (excludes halogenated alkanes) is 1. The Bertz CT molecular complexity index is 49.4. The Balaban J connectivity index is 2.83. The molecule has 0 N–H and O–H groups in total. The molecule has 0 spiro atoms. The summed E-state index contributed by atoms with van der Waals surface area (Å²) in [7, 11) is 1.46. The van der Waals surface area contributed by atoms with Crippen LogP contribution in [0.1, 0.15) is 26.7 Å². The summed E-state index contributed by atoms with van der Waals surface area (Å²) >= 11 is 0. The van der Waals surface area contributed by atoms with Crippen molar-refractivity contribution in [2.45, 2.75) is 26.7 Å². The molecular formula is C7H14P. The minimum Gasteiger partial charge on any atom is -0.0837 e. The van der Waals surface area contributed by atoms with Crippen molar-refractivity contribution in [2.75, 3.05) is 6.16 Å². The highest BCUT2D eigenvalue weighted by molar-refractivity contribution is 7.41. The van der Waals surface area contributed by atoms with E-state index in [0.717, 1.165) is 0 Å². The normalized spacial score (nSPS) is 12.2. The quantitative estimate of drug-likeness (QED) is 0.511. The first kappa shape index (κ1) is 8.17. The highest BCUT2D eigenvalue weighted by atomic mass is 31.1. The summed E-state index contributed by atoms with van der Waals surface area (Å²) in [5.74, 6) is 2.24. The van der Waals surface area contributed by atoms with Crippen LogP contribution < -0.4 is 0 Å². The molecule has 0 heterocycles. The van der Waals surface area contributed by atoms with E-state index in [0.29, 0.717) is 0 Å². The van der Waals surface area contributed by atoms with E-state index < -0.39 is 0 Å². The monoisotopic (exact) mass is 129 g/mol. The van der Waals surface area contributed by atoms with E-state index in [2.05, 4.69) is 25.7 Å². The third-order valence-electron chi connectivity index (χ3n) is 0.849. The third-order valence-corrected chi connectivity index (χ3v) is 1.64. The van der Waals surface area contributed by atoms with Crippen molar-refractivity contribution in [3.63, 3.8) is 0 Å². The number of hydrogen-bond donors (Lipinski definition) is 0. The lowest BCUT2D eigenvalue weighted by Gasteiger charge is -1.82. The summed E-state index contributed by atoms with van der Waals surface area (Å²) in [5.41, 5.74) is 0. The van der Waals surface area contributed by atoms with Crippen molar-refractivity contribution in [3.8, 4) is 0 Å². The topological polar surface area (TPSA) is 0 Å². The zero-order valence-corrected chi connectivity index (χ0v) is 6.62. The molecular weight excluding hydrogens is 115 g/mol. The van der Waals surface area contributed by atoms with Crippen LogP contribution in [0.25, 0.3) is 0 Å². The van der Waals surface area contributed by atoms with Gasteiger partial charge in [0.1, 0.15) is 0 Å². The van der Waals surface area contributed by atoms with E-state index in [-0.39, 0.29) is 0 Å². The van der Waals surface area contributed by atoms with Crippen molar-refractivity contribution in [2.24, 2.45) is 0 Å². The van der Waals surface area contributed by atoms with Gasteiger partial charge in [-0.05, 0) is 12.6 Å². The van der Waals surface area contributed by atoms with Crippen LogP contribution in [0.3, 0.4) is 0 Å². The molecule has 0 saturated carbocycles. The standard InChI is InChI=1S/C7H14P/c1-3-5-6-7-8-4-2/h6-7H,3-5H2,1-2H3. The molecule has 0 fully saturated rings. The average Bonchev–Trinajstić information content (AvgIpc) is 1.81. The van der Waals surface area contributed by atoms with Crippen LogP contribution in [-0.4, -0.2) is 6.16 Å². The minimum atomic E-state index is 1.24. The highest BCUT2D eigenvalue weighted by Gasteiger charge is 1.72. The fourth-order valence-electron chi connectivity index (χ4n) is 0.421. The van der Waals surface area contributed by atoms with E-state index >= 15 is 0 Å². The summed E-state index contributed by atoms with van der Waals surface area (Å²) in [6, 6.07) is 0. The Kier molecular flexibility index (Phi) is 7.32. The molecule has 0 nitrogen and oxygen atoms in total. The van der Waals surface area contributed by atoms with Crippen LogP contribution in [0, 0.1) is 0 Å². The van der Waals surface area contributed by atoms with Crippen LogP contribution in [0.4, 0.5) is 0 Å². The lowest BCUT2D eigenvalue weighted by molar-refractivity contribution is 0.960. The molecule has 8 heavy (non-hydrogen) atoms. The molecule has 0 aromatic carbocycles. The molecule has 0 aliphatic heterocycles. The summed E-state index contributed by atoms with van der Waals surface area (Å²) in [5, 5.41) is 0. The molecule has 0 atom stereocenters. The predicted octanol–water partition coefficient (Wildman–Crippen LogP) is 3.27. The van der Waals surface area contributed by atoms with Gasteiger partial charge >= 0.3 is 0 Å². The third kappa shape index (κ3) is 6.17. The molecule has 0 bridgehead atoms. The maximum atomic E-state index is 2.26. The Labute approximate surface area is 54.2 Å². The van der Waals surface area contributed by atoms with Gasteiger partial charge in [-0.25, -0.2) is 0 Å². The summed E-state index contributed by atoms with van der Waals surface area (Å²) in [6.45, 7) is 4.39. The molecule has 0 amide bonds. The van der Waals surface area contributed by atoms with Crippen molar-refractivity contribution in [1.82, 2.24) is 0 Å². The molecule has 1 radical (unpaired) electrons. The van der Waals surface area contributed by atoms with Crippen molar-refractivity contribution in [1.29, 1.82) is 0 Å². The zero-order valence-electron chi connectivity index (χ0n) is 5.72. The van der Waals surface area contributed by atoms with Gasteiger partial charge in [0.05, 0.1) is 0 Å². The smallest absolute Gasteiger partial charge is 0.0278 e. The SMILES string of the molecule is CCCC=C[P]CC. The van der Waals surface area contributed by atoms with Crippen LogP contribution in [0.2, 0.25) is 0 Å². The average molecular weight is 129 g/mol. The molecule has 0 aliphatic rings. The van der Waals surface area contributed by atoms with Gasteiger partial charge in [0.2, 0.25) is 0 Å². The van der Waals surface area contributed by atoms with Gasteiger partial charge < -0.3 is 0 Å². The van der Waals surface area contributed by atoms with Gasteiger partial charge in [0, 0.05) is 0 Å². The van der Waals surface area contributed by atoms with E-state index in [1.54, 1.807) is 0 Å². The van der Waals surface area contributed by atoms with Crippen molar-refractivity contribution >= 4 is 8.58 Å². The number of hydrogen-bond acceptors (Lipinski definition) is 0. The van der Waals surface area contributed by atoms with Crippen molar-refractivity contribution in [3.05, 3.63) is 11.9 Å². The van der Waals surface area contributed by atoms with Crippen LogP contribution in [-0.2, 0) is 0 Å². The number of rotatable bonds is 4. The fraction of sp³-hybridized carbons (Fsp3) is 0.714. The molecule has 47 valence electrons. The first-order valence-corrected chi connectivity index (χ1v) is 4.38.